The van der Waals surface area contributed by atoms with Crippen molar-refractivity contribution < 1.29 is 4.74 Å². The van der Waals surface area contributed by atoms with E-state index < -0.39 is 0 Å². The molecule has 0 radical (unpaired) electrons. The Balaban J connectivity index is 2.28. The van der Waals surface area contributed by atoms with Crippen molar-refractivity contribution in [2.75, 3.05) is 13.2 Å². The first-order chi connectivity index (χ1) is 6.33. The van der Waals surface area contributed by atoms with E-state index >= 15 is 0 Å². The van der Waals surface area contributed by atoms with Gasteiger partial charge in [0.2, 0.25) is 0 Å². The molecule has 0 aromatic heterocycles. The molecule has 0 saturated heterocycles. The minimum absolute atomic E-state index is 0.266. The van der Waals surface area contributed by atoms with Gasteiger partial charge in [-0.3, -0.25) is 0 Å². The molecule has 0 heterocycles. The molecule has 13 heavy (non-hydrogen) atoms. The van der Waals surface area contributed by atoms with Crippen LogP contribution in [0.1, 0.15) is 39.0 Å². The highest BCUT2D eigenvalue weighted by atomic mass is 16.5. The van der Waals surface area contributed by atoms with Crippen molar-refractivity contribution in [1.82, 2.24) is 0 Å². The monoisotopic (exact) mass is 183 g/mol. The summed E-state index contributed by atoms with van der Waals surface area (Å²) >= 11 is 0. The van der Waals surface area contributed by atoms with Crippen LogP contribution >= 0.6 is 0 Å². The van der Waals surface area contributed by atoms with Gasteiger partial charge in [0.1, 0.15) is 0 Å². The Morgan fingerprint density at radius 2 is 2.38 bits per heavy atom. The first kappa shape index (κ1) is 10.7. The fourth-order valence-electron chi connectivity index (χ4n) is 1.67. The summed E-state index contributed by atoms with van der Waals surface area (Å²) in [7, 11) is 0. The van der Waals surface area contributed by atoms with Crippen molar-refractivity contribution >= 4 is 0 Å². The van der Waals surface area contributed by atoms with Crippen LogP contribution < -0.4 is 5.73 Å². The zero-order chi connectivity index (χ0) is 9.52. The van der Waals surface area contributed by atoms with Gasteiger partial charge in [-0.2, -0.15) is 0 Å². The van der Waals surface area contributed by atoms with Gasteiger partial charge < -0.3 is 10.5 Å². The summed E-state index contributed by atoms with van der Waals surface area (Å²) in [6.07, 6.45) is 8.14. The van der Waals surface area contributed by atoms with E-state index in [2.05, 4.69) is 13.0 Å². The summed E-state index contributed by atoms with van der Waals surface area (Å²) < 4.78 is 5.50. The van der Waals surface area contributed by atoms with E-state index in [0.29, 0.717) is 0 Å². The van der Waals surface area contributed by atoms with Crippen LogP contribution in [0.25, 0.3) is 0 Å². The third-order valence-electron chi connectivity index (χ3n) is 2.37. The second-order valence-corrected chi connectivity index (χ2v) is 3.79. The summed E-state index contributed by atoms with van der Waals surface area (Å²) in [5.41, 5.74) is 7.30. The van der Waals surface area contributed by atoms with Crippen molar-refractivity contribution in [2.45, 2.75) is 45.1 Å². The lowest BCUT2D eigenvalue weighted by Crippen LogP contribution is -2.16. The minimum Gasteiger partial charge on any atom is -0.377 e. The highest BCUT2D eigenvalue weighted by Crippen LogP contribution is 2.16. The maximum atomic E-state index is 5.90. The molecule has 0 saturated carbocycles. The maximum Gasteiger partial charge on any atom is 0.0677 e. The third kappa shape index (κ3) is 4.44. The van der Waals surface area contributed by atoms with Crippen LogP contribution in [-0.4, -0.2) is 19.3 Å². The number of rotatable bonds is 4. The maximum absolute atomic E-state index is 5.90. The minimum atomic E-state index is 0.266. The van der Waals surface area contributed by atoms with Crippen LogP contribution in [0.15, 0.2) is 11.6 Å². The van der Waals surface area contributed by atoms with Gasteiger partial charge >= 0.3 is 0 Å². The molecule has 0 aromatic rings. The van der Waals surface area contributed by atoms with Gasteiger partial charge in [0.25, 0.3) is 0 Å². The van der Waals surface area contributed by atoms with Gasteiger partial charge in [-0.05, 0) is 31.3 Å². The standard InChI is InChI=1S/C11H21NO/c1-2-7-13-9-10-5-3-4-6-11(12)8-10/h8,11H,2-7,9,12H2,1H3. The topological polar surface area (TPSA) is 35.2 Å². The van der Waals surface area contributed by atoms with Crippen LogP contribution in [0.5, 0.6) is 0 Å². The summed E-state index contributed by atoms with van der Waals surface area (Å²) in [4.78, 5) is 0. The summed E-state index contributed by atoms with van der Waals surface area (Å²) in [5, 5.41) is 0. The lowest BCUT2D eigenvalue weighted by Gasteiger charge is -2.06. The SMILES string of the molecule is CCCOCC1=CC(N)CCCC1. The van der Waals surface area contributed by atoms with E-state index in [-0.39, 0.29) is 6.04 Å². The molecule has 0 aliphatic heterocycles. The smallest absolute Gasteiger partial charge is 0.0677 e. The zero-order valence-corrected chi connectivity index (χ0v) is 8.59. The molecule has 1 rings (SSSR count). The van der Waals surface area contributed by atoms with E-state index in [4.69, 9.17) is 10.5 Å². The zero-order valence-electron chi connectivity index (χ0n) is 8.59. The number of nitrogens with two attached hydrogens (primary N) is 1. The largest absolute Gasteiger partial charge is 0.377 e. The molecule has 0 aromatic carbocycles. The highest BCUT2D eigenvalue weighted by Gasteiger charge is 2.07. The van der Waals surface area contributed by atoms with Gasteiger partial charge in [-0.15, -0.1) is 0 Å². The van der Waals surface area contributed by atoms with Gasteiger partial charge in [-0.25, -0.2) is 0 Å². The first-order valence-corrected chi connectivity index (χ1v) is 5.36. The van der Waals surface area contributed by atoms with E-state index in [0.717, 1.165) is 26.1 Å². The Morgan fingerprint density at radius 3 is 3.15 bits per heavy atom. The number of hydrogen-bond acceptors (Lipinski definition) is 2. The van der Waals surface area contributed by atoms with Gasteiger partial charge in [0, 0.05) is 12.6 Å². The Kier molecular flexibility index (Phi) is 5.09. The second-order valence-electron chi connectivity index (χ2n) is 3.79. The third-order valence-corrected chi connectivity index (χ3v) is 2.37. The molecule has 1 unspecified atom stereocenters. The normalized spacial score (nSPS) is 23.8. The van der Waals surface area contributed by atoms with Crippen molar-refractivity contribution in [3.05, 3.63) is 11.6 Å². The average Bonchev–Trinajstić information content (AvgIpc) is 2.31. The fourth-order valence-corrected chi connectivity index (χ4v) is 1.67. The van der Waals surface area contributed by atoms with Gasteiger partial charge in [0.05, 0.1) is 6.61 Å². The fraction of sp³-hybridized carbons (Fsp3) is 0.818. The predicted octanol–water partition coefficient (Wildman–Crippen LogP) is 2.24. The van der Waals surface area contributed by atoms with E-state index in [1.54, 1.807) is 0 Å². The molecule has 2 N–H and O–H groups in total. The number of hydrogen-bond donors (Lipinski definition) is 1. The average molecular weight is 183 g/mol. The summed E-state index contributed by atoms with van der Waals surface area (Å²) in [6.45, 7) is 3.79. The summed E-state index contributed by atoms with van der Waals surface area (Å²) in [6, 6.07) is 0.266. The van der Waals surface area contributed by atoms with Crippen molar-refractivity contribution in [1.29, 1.82) is 0 Å². The van der Waals surface area contributed by atoms with Gasteiger partial charge in [-0.1, -0.05) is 19.4 Å². The molecule has 1 atom stereocenters. The van der Waals surface area contributed by atoms with Crippen molar-refractivity contribution in [3.8, 4) is 0 Å². The molecular weight excluding hydrogens is 162 g/mol. The Hall–Kier alpha value is -0.340. The number of ether oxygens (including phenoxy) is 1. The molecule has 0 amide bonds. The molecule has 0 spiro atoms. The van der Waals surface area contributed by atoms with Crippen molar-refractivity contribution in [3.63, 3.8) is 0 Å². The molecule has 0 fully saturated rings. The molecule has 76 valence electrons. The molecule has 2 heteroatoms. The Morgan fingerprint density at radius 1 is 1.54 bits per heavy atom. The Bertz CT molecular complexity index is 165. The van der Waals surface area contributed by atoms with Crippen LogP contribution in [0.3, 0.4) is 0 Å². The van der Waals surface area contributed by atoms with Crippen LogP contribution in [0.4, 0.5) is 0 Å². The second kappa shape index (κ2) is 6.17. The quantitative estimate of drug-likeness (QED) is 0.536. The van der Waals surface area contributed by atoms with Crippen molar-refractivity contribution in [2.24, 2.45) is 5.73 Å². The molecule has 2 nitrogen and oxygen atoms in total. The lowest BCUT2D eigenvalue weighted by atomic mass is 10.1. The Labute approximate surface area is 81.1 Å². The van der Waals surface area contributed by atoms with Crippen LogP contribution in [-0.2, 0) is 4.74 Å². The highest BCUT2D eigenvalue weighted by molar-refractivity contribution is 5.08. The van der Waals surface area contributed by atoms with Crippen LogP contribution in [0.2, 0.25) is 0 Å². The van der Waals surface area contributed by atoms with Gasteiger partial charge in [0.15, 0.2) is 0 Å². The molecule has 1 aliphatic carbocycles. The van der Waals surface area contributed by atoms with E-state index in [1.807, 2.05) is 0 Å². The predicted molar refractivity (Wildman–Crippen MR) is 55.6 cm³/mol. The molecule has 1 aliphatic rings. The first-order valence-electron chi connectivity index (χ1n) is 5.36. The van der Waals surface area contributed by atoms with E-state index in [1.165, 1.54) is 24.8 Å². The summed E-state index contributed by atoms with van der Waals surface area (Å²) in [5.74, 6) is 0. The van der Waals surface area contributed by atoms with E-state index in [9.17, 15) is 0 Å². The molecular formula is C11H21NO. The van der Waals surface area contributed by atoms with Crippen LogP contribution in [0, 0.1) is 0 Å². The lowest BCUT2D eigenvalue weighted by molar-refractivity contribution is 0.154. The molecule has 0 bridgehead atoms.